The molecule has 0 saturated carbocycles. The maximum atomic E-state index is 3.54. The number of halogens is 2. The molecule has 0 bridgehead atoms. The minimum atomic E-state index is -1.08. The van der Waals surface area contributed by atoms with Gasteiger partial charge in [0.2, 0.25) is 0 Å². The molecule has 0 aromatic rings. The minimum absolute atomic E-state index is 0. The van der Waals surface area contributed by atoms with Crippen LogP contribution in [0.3, 0.4) is 0 Å². The third kappa shape index (κ3) is 7.47. The largest absolute Gasteiger partial charge is 0.273 e. The van der Waals surface area contributed by atoms with E-state index < -0.39 is 8.07 Å². The van der Waals surface area contributed by atoms with E-state index in [-0.39, 0.29) is 50.7 Å². The van der Waals surface area contributed by atoms with Crippen LogP contribution in [0, 0.1) is 6.08 Å². The molecule has 1 rings (SSSR count). The summed E-state index contributed by atoms with van der Waals surface area (Å²) in [5.74, 6) is 0. The topological polar surface area (TPSA) is 0 Å². The van der Waals surface area contributed by atoms with Gasteiger partial charge in [0.25, 0.3) is 0 Å². The minimum Gasteiger partial charge on any atom is -0.273 e. The van der Waals surface area contributed by atoms with E-state index in [1.807, 2.05) is 0 Å². The summed E-state index contributed by atoms with van der Waals surface area (Å²) in [5.41, 5.74) is 1.61. The summed E-state index contributed by atoms with van der Waals surface area (Å²) in [6, 6.07) is 0. The van der Waals surface area contributed by atoms with Crippen molar-refractivity contribution >= 4 is 32.9 Å². The Bertz CT molecular complexity index is 242. The molecule has 0 unspecified atom stereocenters. The van der Waals surface area contributed by atoms with Gasteiger partial charge < -0.3 is 0 Å². The standard InChI is InChI=1S/C12H21Si.2ClH.Hf/c1-5-6-7-11-8-9-12(10-11)13(2,3)4;;;/h10H,5-8H2,1-4H3;2*1H;/q-1;;;. The number of rotatable bonds is 4. The van der Waals surface area contributed by atoms with Crippen LogP contribution in [0.4, 0.5) is 0 Å². The normalized spacial score (nSPS) is 14.0. The SMILES string of the molecule is CCCCC1=CC([Si](C)(C)C)=[C-]C1.Cl.Cl.[Hf]. The van der Waals surface area contributed by atoms with Crippen LogP contribution in [-0.4, -0.2) is 8.07 Å². The molecule has 0 aromatic heterocycles. The molecule has 0 nitrogen and oxygen atoms in total. The van der Waals surface area contributed by atoms with E-state index in [9.17, 15) is 0 Å². The van der Waals surface area contributed by atoms with Crippen molar-refractivity contribution in [1.29, 1.82) is 0 Å². The molecule has 0 spiro atoms. The van der Waals surface area contributed by atoms with Crippen LogP contribution in [0.25, 0.3) is 0 Å². The maximum absolute atomic E-state index is 3.54. The Balaban J connectivity index is -0.000000563. The van der Waals surface area contributed by atoms with Crippen molar-refractivity contribution in [3.8, 4) is 0 Å². The van der Waals surface area contributed by atoms with Gasteiger partial charge in [0.05, 0.1) is 0 Å². The van der Waals surface area contributed by atoms with Gasteiger partial charge in [-0.1, -0.05) is 39.4 Å². The molecule has 0 N–H and O–H groups in total. The summed E-state index contributed by atoms with van der Waals surface area (Å²) in [5, 5.41) is 1.54. The molecule has 94 valence electrons. The van der Waals surface area contributed by atoms with E-state index >= 15 is 0 Å². The van der Waals surface area contributed by atoms with E-state index in [0.717, 1.165) is 6.42 Å². The molecule has 0 heterocycles. The van der Waals surface area contributed by atoms with Gasteiger partial charge in [-0.3, -0.25) is 6.08 Å². The summed E-state index contributed by atoms with van der Waals surface area (Å²) in [6.07, 6.45) is 11.0. The van der Waals surface area contributed by atoms with Crippen LogP contribution in [0.2, 0.25) is 19.6 Å². The third-order valence-electron chi connectivity index (χ3n) is 2.51. The number of unbranched alkanes of at least 4 members (excludes halogenated alkanes) is 1. The van der Waals surface area contributed by atoms with Crippen molar-refractivity contribution in [2.45, 2.75) is 52.2 Å². The molecule has 1 aliphatic carbocycles. The molecule has 0 fully saturated rings. The van der Waals surface area contributed by atoms with Crippen molar-refractivity contribution < 1.29 is 25.8 Å². The van der Waals surface area contributed by atoms with Gasteiger partial charge in [-0.25, -0.2) is 11.3 Å². The zero-order valence-corrected chi connectivity index (χ0v) is 16.9. The first-order chi connectivity index (χ1) is 6.04. The quantitative estimate of drug-likeness (QED) is 0.425. The van der Waals surface area contributed by atoms with Crippen molar-refractivity contribution in [2.75, 3.05) is 0 Å². The molecule has 1 aliphatic rings. The van der Waals surface area contributed by atoms with E-state index in [4.69, 9.17) is 0 Å². The molecule has 0 atom stereocenters. The van der Waals surface area contributed by atoms with Crippen LogP contribution < -0.4 is 0 Å². The van der Waals surface area contributed by atoms with Crippen molar-refractivity contribution in [3.63, 3.8) is 0 Å². The van der Waals surface area contributed by atoms with Crippen LogP contribution >= 0.6 is 24.8 Å². The van der Waals surface area contributed by atoms with E-state index in [0.29, 0.717) is 0 Å². The Morgan fingerprint density at radius 2 is 1.81 bits per heavy atom. The predicted octanol–water partition coefficient (Wildman–Crippen LogP) is 4.95. The number of allylic oxidation sites excluding steroid dienone is 4. The van der Waals surface area contributed by atoms with Gasteiger partial charge in [-0.15, -0.1) is 31.2 Å². The average Bonchev–Trinajstić information content (AvgIpc) is 2.47. The first-order valence-corrected chi connectivity index (χ1v) is 8.85. The fourth-order valence-electron chi connectivity index (χ4n) is 1.56. The molecule has 0 aromatic carbocycles. The third-order valence-corrected chi connectivity index (χ3v) is 4.45. The molecule has 0 amide bonds. The second-order valence-corrected chi connectivity index (χ2v) is 9.96. The Kier molecular flexibility index (Phi) is 14.1. The Hall–Kier alpha value is 1.15. The van der Waals surface area contributed by atoms with Gasteiger partial charge in [-0.2, -0.15) is 5.57 Å². The van der Waals surface area contributed by atoms with Gasteiger partial charge in [0.1, 0.15) is 0 Å². The van der Waals surface area contributed by atoms with E-state index in [2.05, 4.69) is 38.7 Å². The molecule has 16 heavy (non-hydrogen) atoms. The van der Waals surface area contributed by atoms with Gasteiger partial charge >= 0.3 is 0 Å². The van der Waals surface area contributed by atoms with E-state index in [1.165, 1.54) is 19.3 Å². The summed E-state index contributed by atoms with van der Waals surface area (Å²) >= 11 is 0. The average molecular weight is 445 g/mol. The van der Waals surface area contributed by atoms with Crippen LogP contribution in [0.15, 0.2) is 16.8 Å². The van der Waals surface area contributed by atoms with Gasteiger partial charge in [0, 0.05) is 33.9 Å². The fourth-order valence-corrected chi connectivity index (χ4v) is 2.82. The number of hydrogen-bond donors (Lipinski definition) is 0. The molecular weight excluding hydrogens is 422 g/mol. The van der Waals surface area contributed by atoms with Crippen molar-refractivity contribution in [3.05, 3.63) is 22.9 Å². The summed E-state index contributed by atoms with van der Waals surface area (Å²) in [7, 11) is -1.08. The second-order valence-electron chi connectivity index (χ2n) is 4.92. The Morgan fingerprint density at radius 3 is 2.19 bits per heavy atom. The molecular formula is C12H23Cl2HfSi-. The summed E-state index contributed by atoms with van der Waals surface area (Å²) in [6.45, 7) is 9.45. The molecule has 0 saturated heterocycles. The number of hydrogen-bond acceptors (Lipinski definition) is 0. The first kappa shape index (κ1) is 22.3. The zero-order chi connectivity index (χ0) is 9.90. The summed E-state index contributed by atoms with van der Waals surface area (Å²) < 4.78 is 0. The van der Waals surface area contributed by atoms with Gasteiger partial charge in [-0.05, 0) is 6.42 Å². The first-order valence-electron chi connectivity index (χ1n) is 5.35. The smallest absolute Gasteiger partial charge is 0.0393 e. The van der Waals surface area contributed by atoms with Crippen LogP contribution in [0.5, 0.6) is 0 Å². The van der Waals surface area contributed by atoms with Crippen LogP contribution in [-0.2, 0) is 25.8 Å². The molecule has 4 heteroatoms. The van der Waals surface area contributed by atoms with Crippen molar-refractivity contribution in [2.24, 2.45) is 0 Å². The summed E-state index contributed by atoms with van der Waals surface area (Å²) in [4.78, 5) is 0. The van der Waals surface area contributed by atoms with Crippen molar-refractivity contribution in [1.82, 2.24) is 0 Å². The molecule has 0 aliphatic heterocycles. The fraction of sp³-hybridized carbons (Fsp3) is 0.667. The second kappa shape index (κ2) is 10.1. The van der Waals surface area contributed by atoms with E-state index in [1.54, 1.807) is 10.8 Å². The Morgan fingerprint density at radius 1 is 1.25 bits per heavy atom. The maximum Gasteiger partial charge on any atom is 0.0393 e. The van der Waals surface area contributed by atoms with Gasteiger partial charge in [0.15, 0.2) is 0 Å². The monoisotopic (exact) mass is 445 g/mol. The molecule has 0 radical (unpaired) electrons. The zero-order valence-electron chi connectivity index (χ0n) is 10.7. The predicted molar refractivity (Wildman–Crippen MR) is 76.8 cm³/mol. The van der Waals surface area contributed by atoms with Crippen LogP contribution in [0.1, 0.15) is 32.6 Å². The Labute approximate surface area is 133 Å².